The molecule has 0 aromatic rings. The number of rotatable bonds is 4. The molecule has 98 valence electrons. The summed E-state index contributed by atoms with van der Waals surface area (Å²) in [5, 5.41) is 3.42. The first-order chi connectivity index (χ1) is 8.15. The van der Waals surface area contributed by atoms with E-state index in [1.54, 1.807) is 0 Å². The van der Waals surface area contributed by atoms with Crippen molar-refractivity contribution < 1.29 is 4.79 Å². The molecule has 1 amide bonds. The molecule has 4 unspecified atom stereocenters. The topological polar surface area (TPSA) is 32.3 Å². The molecule has 2 aliphatic heterocycles. The zero-order chi connectivity index (χ0) is 12.4. The second-order valence-electron chi connectivity index (χ2n) is 5.86. The van der Waals surface area contributed by atoms with Crippen LogP contribution in [0.15, 0.2) is 0 Å². The Kier molecular flexibility index (Phi) is 4.08. The van der Waals surface area contributed by atoms with E-state index in [1.807, 2.05) is 0 Å². The standard InChI is InChI=1S/C14H26N2O/c1-4-5-6-10(2)14(17)16-11(3)7-12-8-15-9-13(12)16/h10-13,15H,4-9H2,1-3H3. The maximum Gasteiger partial charge on any atom is 0.225 e. The summed E-state index contributed by atoms with van der Waals surface area (Å²) in [4.78, 5) is 14.7. The first-order valence-electron chi connectivity index (χ1n) is 7.18. The van der Waals surface area contributed by atoms with Gasteiger partial charge >= 0.3 is 0 Å². The molecule has 0 radical (unpaired) electrons. The fraction of sp³-hybridized carbons (Fsp3) is 0.929. The minimum atomic E-state index is 0.205. The van der Waals surface area contributed by atoms with Crippen LogP contribution in [0.2, 0.25) is 0 Å². The van der Waals surface area contributed by atoms with Gasteiger partial charge in [-0.2, -0.15) is 0 Å². The second-order valence-corrected chi connectivity index (χ2v) is 5.86. The van der Waals surface area contributed by atoms with E-state index in [9.17, 15) is 4.79 Å². The number of carbonyl (C=O) groups is 1. The van der Waals surface area contributed by atoms with E-state index >= 15 is 0 Å². The van der Waals surface area contributed by atoms with Crippen molar-refractivity contribution >= 4 is 5.91 Å². The van der Waals surface area contributed by atoms with E-state index < -0.39 is 0 Å². The molecule has 0 saturated carbocycles. The molecular weight excluding hydrogens is 212 g/mol. The lowest BCUT2D eigenvalue weighted by molar-refractivity contribution is -0.137. The molecule has 1 N–H and O–H groups in total. The van der Waals surface area contributed by atoms with Gasteiger partial charge in [-0.3, -0.25) is 4.79 Å². The molecule has 2 aliphatic rings. The van der Waals surface area contributed by atoms with E-state index in [2.05, 4.69) is 31.0 Å². The SMILES string of the molecule is CCCCC(C)C(=O)N1C(C)CC2CNCC21. The lowest BCUT2D eigenvalue weighted by atomic mass is 10.0. The average molecular weight is 238 g/mol. The van der Waals surface area contributed by atoms with Crippen LogP contribution in [-0.2, 0) is 4.79 Å². The van der Waals surface area contributed by atoms with Crippen molar-refractivity contribution in [1.29, 1.82) is 0 Å². The van der Waals surface area contributed by atoms with Gasteiger partial charge in [-0.25, -0.2) is 0 Å². The smallest absolute Gasteiger partial charge is 0.225 e. The first kappa shape index (κ1) is 12.9. The number of likely N-dealkylation sites (tertiary alicyclic amines) is 1. The van der Waals surface area contributed by atoms with Crippen LogP contribution in [0, 0.1) is 11.8 Å². The Labute approximate surface area is 105 Å². The van der Waals surface area contributed by atoms with E-state index in [0.29, 0.717) is 23.9 Å². The zero-order valence-electron chi connectivity index (χ0n) is 11.4. The van der Waals surface area contributed by atoms with E-state index in [1.165, 1.54) is 19.3 Å². The number of carbonyl (C=O) groups excluding carboxylic acids is 1. The molecule has 3 nitrogen and oxygen atoms in total. The van der Waals surface area contributed by atoms with Crippen LogP contribution in [0.25, 0.3) is 0 Å². The number of unbranched alkanes of at least 4 members (excludes halogenated alkanes) is 1. The van der Waals surface area contributed by atoms with E-state index in [4.69, 9.17) is 0 Å². The van der Waals surface area contributed by atoms with Crippen molar-refractivity contribution in [2.45, 2.75) is 58.5 Å². The third-order valence-corrected chi connectivity index (χ3v) is 4.45. The molecule has 0 spiro atoms. The quantitative estimate of drug-likeness (QED) is 0.812. The summed E-state index contributed by atoms with van der Waals surface area (Å²) in [6.45, 7) is 8.60. The van der Waals surface area contributed by atoms with Gasteiger partial charge < -0.3 is 10.2 Å². The number of nitrogens with one attached hydrogen (secondary N) is 1. The number of fused-ring (bicyclic) bond motifs is 1. The second kappa shape index (κ2) is 5.38. The summed E-state index contributed by atoms with van der Waals surface area (Å²) in [6, 6.07) is 0.922. The molecule has 2 heterocycles. The molecule has 0 aromatic heterocycles. The van der Waals surface area contributed by atoms with Gasteiger partial charge in [0.15, 0.2) is 0 Å². The summed E-state index contributed by atoms with van der Waals surface area (Å²) < 4.78 is 0. The van der Waals surface area contributed by atoms with Crippen LogP contribution in [0.1, 0.15) is 46.5 Å². The monoisotopic (exact) mass is 238 g/mol. The normalized spacial score (nSPS) is 33.8. The van der Waals surface area contributed by atoms with Gasteiger partial charge in [-0.05, 0) is 25.7 Å². The molecule has 2 saturated heterocycles. The van der Waals surface area contributed by atoms with Gasteiger partial charge in [0.2, 0.25) is 5.91 Å². The zero-order valence-corrected chi connectivity index (χ0v) is 11.4. The summed E-state index contributed by atoms with van der Waals surface area (Å²) in [6.07, 6.45) is 4.58. The molecule has 4 atom stereocenters. The molecule has 0 bridgehead atoms. The highest BCUT2D eigenvalue weighted by Crippen LogP contribution is 2.33. The van der Waals surface area contributed by atoms with Gasteiger partial charge in [0.25, 0.3) is 0 Å². The van der Waals surface area contributed by atoms with Crippen molar-refractivity contribution in [2.24, 2.45) is 11.8 Å². The number of hydrogen-bond acceptors (Lipinski definition) is 2. The first-order valence-corrected chi connectivity index (χ1v) is 7.18. The Morgan fingerprint density at radius 3 is 2.94 bits per heavy atom. The van der Waals surface area contributed by atoms with E-state index in [-0.39, 0.29) is 5.92 Å². The Balaban J connectivity index is 1.97. The summed E-state index contributed by atoms with van der Waals surface area (Å²) in [5.74, 6) is 1.30. The summed E-state index contributed by atoms with van der Waals surface area (Å²) in [7, 11) is 0. The maximum atomic E-state index is 12.5. The Morgan fingerprint density at radius 1 is 1.47 bits per heavy atom. The Morgan fingerprint density at radius 2 is 2.24 bits per heavy atom. The summed E-state index contributed by atoms with van der Waals surface area (Å²) >= 11 is 0. The average Bonchev–Trinajstić information content (AvgIpc) is 2.84. The van der Waals surface area contributed by atoms with Gasteiger partial charge in [0.1, 0.15) is 0 Å². The fourth-order valence-corrected chi connectivity index (χ4v) is 3.43. The lowest BCUT2D eigenvalue weighted by Gasteiger charge is -2.30. The van der Waals surface area contributed by atoms with Crippen molar-refractivity contribution in [1.82, 2.24) is 10.2 Å². The molecular formula is C14H26N2O. The van der Waals surface area contributed by atoms with Crippen LogP contribution in [0.4, 0.5) is 0 Å². The largest absolute Gasteiger partial charge is 0.335 e. The molecule has 0 aromatic carbocycles. The molecule has 3 heteroatoms. The predicted octanol–water partition coefficient (Wildman–Crippen LogP) is 2.02. The Bertz CT molecular complexity index is 279. The number of nitrogens with zero attached hydrogens (tertiary/aromatic N) is 1. The third-order valence-electron chi connectivity index (χ3n) is 4.45. The lowest BCUT2D eigenvalue weighted by Crippen LogP contribution is -2.45. The van der Waals surface area contributed by atoms with Crippen molar-refractivity contribution in [2.75, 3.05) is 13.1 Å². The Hall–Kier alpha value is -0.570. The minimum Gasteiger partial charge on any atom is -0.335 e. The summed E-state index contributed by atoms with van der Waals surface area (Å²) in [5.41, 5.74) is 0. The predicted molar refractivity (Wildman–Crippen MR) is 69.8 cm³/mol. The van der Waals surface area contributed by atoms with Gasteiger partial charge in [0, 0.05) is 31.1 Å². The fourth-order valence-electron chi connectivity index (χ4n) is 3.43. The van der Waals surface area contributed by atoms with Gasteiger partial charge in [-0.15, -0.1) is 0 Å². The molecule has 17 heavy (non-hydrogen) atoms. The highest BCUT2D eigenvalue weighted by Gasteiger charge is 2.44. The van der Waals surface area contributed by atoms with Crippen LogP contribution in [0.3, 0.4) is 0 Å². The van der Waals surface area contributed by atoms with Crippen LogP contribution in [0.5, 0.6) is 0 Å². The van der Waals surface area contributed by atoms with Crippen LogP contribution < -0.4 is 5.32 Å². The van der Waals surface area contributed by atoms with Crippen molar-refractivity contribution in [3.8, 4) is 0 Å². The van der Waals surface area contributed by atoms with Gasteiger partial charge in [0.05, 0.1) is 0 Å². The molecule has 2 rings (SSSR count). The third kappa shape index (κ3) is 2.49. The van der Waals surface area contributed by atoms with Crippen molar-refractivity contribution in [3.63, 3.8) is 0 Å². The van der Waals surface area contributed by atoms with Crippen molar-refractivity contribution in [3.05, 3.63) is 0 Å². The van der Waals surface area contributed by atoms with Gasteiger partial charge in [-0.1, -0.05) is 26.7 Å². The highest BCUT2D eigenvalue weighted by molar-refractivity contribution is 5.79. The van der Waals surface area contributed by atoms with Crippen LogP contribution in [-0.4, -0.2) is 36.0 Å². The number of hydrogen-bond donors (Lipinski definition) is 1. The maximum absolute atomic E-state index is 12.5. The molecule has 0 aliphatic carbocycles. The van der Waals surface area contributed by atoms with Crippen LogP contribution >= 0.6 is 0 Å². The highest BCUT2D eigenvalue weighted by atomic mass is 16.2. The molecule has 2 fully saturated rings. The number of amides is 1. The minimum absolute atomic E-state index is 0.205. The van der Waals surface area contributed by atoms with E-state index in [0.717, 1.165) is 19.5 Å².